The fourth-order valence-corrected chi connectivity index (χ4v) is 5.94. The van der Waals surface area contributed by atoms with Gasteiger partial charge in [0.25, 0.3) is 5.91 Å². The topological polar surface area (TPSA) is 55.7 Å². The first kappa shape index (κ1) is 22.4. The van der Waals surface area contributed by atoms with E-state index in [4.69, 9.17) is 9.47 Å². The minimum atomic E-state index is -0.331. The van der Waals surface area contributed by atoms with Gasteiger partial charge in [0.2, 0.25) is 0 Å². The molecule has 1 aliphatic rings. The fourth-order valence-electron chi connectivity index (χ4n) is 4.26. The quantitative estimate of drug-likeness (QED) is 0.347. The Hall–Kier alpha value is -3.36. The number of benzene rings is 2. The minimum Gasteiger partial charge on any atom is -0.493 e. The number of fused-ring (bicyclic) bond motifs is 1. The molecular weight excluding hydrogens is 466 g/mol. The van der Waals surface area contributed by atoms with Gasteiger partial charge in [0.1, 0.15) is 6.04 Å². The Morgan fingerprint density at radius 2 is 1.94 bits per heavy atom. The molecule has 0 fully saturated rings. The first-order valence-electron chi connectivity index (χ1n) is 10.8. The molecule has 3 heterocycles. The van der Waals surface area contributed by atoms with Crippen molar-refractivity contribution < 1.29 is 14.3 Å². The Bertz CT molecular complexity index is 1360. The normalized spacial score (nSPS) is 15.3. The van der Waals surface area contributed by atoms with Crippen LogP contribution in [0.25, 0.3) is 16.6 Å². The Kier molecular flexibility index (Phi) is 6.26. The molecule has 0 spiro atoms. The van der Waals surface area contributed by atoms with Crippen molar-refractivity contribution in [2.45, 2.75) is 10.9 Å². The van der Waals surface area contributed by atoms with Crippen LogP contribution in [0, 0.1) is 0 Å². The molecule has 174 valence electrons. The Morgan fingerprint density at radius 1 is 1.09 bits per heavy atom. The second kappa shape index (κ2) is 9.48. The lowest BCUT2D eigenvalue weighted by atomic mass is 10.0. The summed E-state index contributed by atoms with van der Waals surface area (Å²) in [6, 6.07) is 17.7. The number of carbonyl (C=O) groups excluding carboxylic acids is 1. The summed E-state index contributed by atoms with van der Waals surface area (Å²) in [5, 5.41) is 4.88. The number of hydrogen-bond acceptors (Lipinski definition) is 6. The number of hydrogen-bond donors (Lipinski definition) is 1. The van der Waals surface area contributed by atoms with Crippen LogP contribution in [0.2, 0.25) is 0 Å². The van der Waals surface area contributed by atoms with Crippen LogP contribution in [0.1, 0.15) is 16.5 Å². The van der Waals surface area contributed by atoms with Gasteiger partial charge in [0.05, 0.1) is 30.5 Å². The van der Waals surface area contributed by atoms with Crippen molar-refractivity contribution in [3.05, 3.63) is 82.7 Å². The number of thioether (sulfide) groups is 1. The van der Waals surface area contributed by atoms with E-state index in [-0.39, 0.29) is 11.9 Å². The number of carbonyl (C=O) groups is 1. The third-order valence-corrected chi connectivity index (χ3v) is 7.79. The van der Waals surface area contributed by atoms with Crippen LogP contribution in [-0.4, -0.2) is 35.5 Å². The molecule has 2 aromatic carbocycles. The van der Waals surface area contributed by atoms with E-state index in [1.165, 1.54) is 0 Å². The highest BCUT2D eigenvalue weighted by Gasteiger charge is 2.33. The molecule has 6 nitrogen and oxygen atoms in total. The SMILES string of the molecule is COc1cccc(C2C=C(c3cccs3)NN2C(=O)CSc2cn(C)c3ccccc23)c1OC. The van der Waals surface area contributed by atoms with Gasteiger partial charge in [0, 0.05) is 34.6 Å². The van der Waals surface area contributed by atoms with E-state index in [1.807, 2.05) is 54.9 Å². The zero-order chi connectivity index (χ0) is 23.7. The summed E-state index contributed by atoms with van der Waals surface area (Å²) >= 11 is 3.18. The zero-order valence-corrected chi connectivity index (χ0v) is 20.8. The van der Waals surface area contributed by atoms with Crippen LogP contribution >= 0.6 is 23.1 Å². The lowest BCUT2D eigenvalue weighted by molar-refractivity contribution is -0.131. The molecule has 4 aromatic rings. The number of nitrogens with zero attached hydrogens (tertiary/aromatic N) is 2. The van der Waals surface area contributed by atoms with Crippen LogP contribution < -0.4 is 14.9 Å². The van der Waals surface area contributed by atoms with Gasteiger partial charge in [-0.25, -0.2) is 5.01 Å². The number of hydrazine groups is 1. The number of methoxy groups -OCH3 is 2. The number of rotatable bonds is 7. The highest BCUT2D eigenvalue weighted by molar-refractivity contribution is 8.00. The third kappa shape index (κ3) is 4.03. The van der Waals surface area contributed by atoms with E-state index < -0.39 is 0 Å². The standard InChI is InChI=1S/C26H25N3O3S2/c1-28-15-24(17-8-4-5-10-20(17)28)34-16-25(30)29-21(14-19(27-29)23-12-7-13-33-23)18-9-6-11-22(31-2)26(18)32-3/h4-15,21,27H,16H2,1-3H3. The molecular formula is C26H25N3O3S2. The predicted molar refractivity (Wildman–Crippen MR) is 138 cm³/mol. The average molecular weight is 492 g/mol. The molecule has 0 aliphatic carbocycles. The summed E-state index contributed by atoms with van der Waals surface area (Å²) in [6.07, 6.45) is 4.15. The third-order valence-electron chi connectivity index (χ3n) is 5.86. The van der Waals surface area contributed by atoms with Gasteiger partial charge in [-0.15, -0.1) is 23.1 Å². The first-order valence-corrected chi connectivity index (χ1v) is 12.7. The van der Waals surface area contributed by atoms with Gasteiger partial charge in [0.15, 0.2) is 11.5 Å². The highest BCUT2D eigenvalue weighted by atomic mass is 32.2. The summed E-state index contributed by atoms with van der Waals surface area (Å²) in [5.41, 5.74) is 6.28. The van der Waals surface area contributed by atoms with Gasteiger partial charge in [-0.05, 0) is 29.7 Å². The molecule has 1 amide bonds. The Balaban J connectivity index is 1.45. The molecule has 1 aliphatic heterocycles. The molecule has 0 bridgehead atoms. The van der Waals surface area contributed by atoms with Crippen molar-refractivity contribution in [3.8, 4) is 11.5 Å². The van der Waals surface area contributed by atoms with Crippen LogP contribution in [0.15, 0.2) is 77.1 Å². The predicted octanol–water partition coefficient (Wildman–Crippen LogP) is 5.48. The second-order valence-corrected chi connectivity index (χ2v) is 9.84. The van der Waals surface area contributed by atoms with Crippen molar-refractivity contribution in [1.29, 1.82) is 0 Å². The fraction of sp³-hybridized carbons (Fsp3) is 0.192. The van der Waals surface area contributed by atoms with E-state index in [2.05, 4.69) is 34.4 Å². The van der Waals surface area contributed by atoms with Gasteiger partial charge < -0.3 is 14.0 Å². The van der Waals surface area contributed by atoms with Crippen LogP contribution in [0.4, 0.5) is 0 Å². The highest BCUT2D eigenvalue weighted by Crippen LogP contribution is 2.41. The molecule has 34 heavy (non-hydrogen) atoms. The van der Waals surface area contributed by atoms with Gasteiger partial charge >= 0.3 is 0 Å². The summed E-state index contributed by atoms with van der Waals surface area (Å²) in [7, 11) is 5.26. The molecule has 1 atom stereocenters. The number of ether oxygens (including phenoxy) is 2. The number of thiophene rings is 1. The van der Waals surface area contributed by atoms with Crippen LogP contribution in [0.5, 0.6) is 11.5 Å². The number of aryl methyl sites for hydroxylation is 1. The average Bonchev–Trinajstić information content (AvgIpc) is 3.61. The molecule has 5 rings (SSSR count). The number of nitrogens with one attached hydrogen (secondary N) is 1. The van der Waals surface area contributed by atoms with Gasteiger partial charge in [-0.2, -0.15) is 0 Å². The van der Waals surface area contributed by atoms with Crippen LogP contribution in [-0.2, 0) is 11.8 Å². The number of amides is 1. The molecule has 1 N–H and O–H groups in total. The lowest BCUT2D eigenvalue weighted by Crippen LogP contribution is -2.40. The maximum absolute atomic E-state index is 13.5. The second-order valence-electron chi connectivity index (χ2n) is 7.87. The summed E-state index contributed by atoms with van der Waals surface area (Å²) < 4.78 is 13.3. The van der Waals surface area contributed by atoms with Gasteiger partial charge in [-0.3, -0.25) is 10.2 Å². The first-order chi connectivity index (χ1) is 16.6. The number of para-hydroxylation sites is 2. The van der Waals surface area contributed by atoms with E-state index in [0.29, 0.717) is 17.3 Å². The van der Waals surface area contributed by atoms with Crippen molar-refractivity contribution in [2.24, 2.45) is 7.05 Å². The lowest BCUT2D eigenvalue weighted by Gasteiger charge is -2.27. The summed E-state index contributed by atoms with van der Waals surface area (Å²) in [5.74, 6) is 1.54. The van der Waals surface area contributed by atoms with E-state index >= 15 is 0 Å². The van der Waals surface area contributed by atoms with Crippen LogP contribution in [0.3, 0.4) is 0 Å². The largest absolute Gasteiger partial charge is 0.493 e. The monoisotopic (exact) mass is 491 g/mol. The Morgan fingerprint density at radius 3 is 2.71 bits per heavy atom. The molecule has 2 aromatic heterocycles. The summed E-state index contributed by atoms with van der Waals surface area (Å²) in [4.78, 5) is 15.7. The molecule has 1 unspecified atom stereocenters. The maximum atomic E-state index is 13.5. The van der Waals surface area contributed by atoms with E-state index in [9.17, 15) is 4.79 Å². The van der Waals surface area contributed by atoms with Crippen molar-refractivity contribution >= 4 is 45.6 Å². The minimum absolute atomic E-state index is 0.0180. The Labute approximate surface area is 206 Å². The molecule has 0 radical (unpaired) electrons. The molecule has 8 heteroatoms. The molecule has 0 saturated carbocycles. The van der Waals surface area contributed by atoms with E-state index in [1.54, 1.807) is 42.3 Å². The zero-order valence-electron chi connectivity index (χ0n) is 19.1. The molecule has 0 saturated heterocycles. The maximum Gasteiger partial charge on any atom is 0.252 e. The smallest absolute Gasteiger partial charge is 0.252 e. The van der Waals surface area contributed by atoms with Crippen molar-refractivity contribution in [2.75, 3.05) is 20.0 Å². The van der Waals surface area contributed by atoms with Crippen molar-refractivity contribution in [1.82, 2.24) is 15.0 Å². The number of aromatic nitrogens is 1. The summed E-state index contributed by atoms with van der Waals surface area (Å²) in [6.45, 7) is 0. The van der Waals surface area contributed by atoms with Crippen molar-refractivity contribution in [3.63, 3.8) is 0 Å². The van der Waals surface area contributed by atoms with E-state index in [0.717, 1.165) is 31.9 Å². The van der Waals surface area contributed by atoms with Gasteiger partial charge in [-0.1, -0.05) is 36.4 Å².